The smallest absolute Gasteiger partial charge is 0.416 e. The lowest BCUT2D eigenvalue weighted by Crippen LogP contribution is -2.31. The number of hydrogen-bond acceptors (Lipinski definition) is 5. The lowest BCUT2D eigenvalue weighted by atomic mass is 10.1. The van der Waals surface area contributed by atoms with Crippen molar-refractivity contribution in [3.05, 3.63) is 44.7 Å². The van der Waals surface area contributed by atoms with Gasteiger partial charge in [0.25, 0.3) is 5.91 Å². The van der Waals surface area contributed by atoms with E-state index in [1.165, 1.54) is 17.4 Å². The second kappa shape index (κ2) is 10.2. The molecular weight excluding hydrogens is 467 g/mol. The highest BCUT2D eigenvalue weighted by Gasteiger charge is 2.32. The molecule has 10 heteroatoms. The predicted molar refractivity (Wildman–Crippen MR) is 123 cm³/mol. The highest BCUT2D eigenvalue weighted by molar-refractivity contribution is 7.09. The van der Waals surface area contributed by atoms with Crippen LogP contribution in [0.1, 0.15) is 52.2 Å². The highest BCUT2D eigenvalue weighted by Crippen LogP contribution is 2.33. The quantitative estimate of drug-likeness (QED) is 0.587. The van der Waals surface area contributed by atoms with Crippen molar-refractivity contribution in [3.63, 3.8) is 0 Å². The molecule has 2 atom stereocenters. The normalized spacial score (nSPS) is 22.0. The molecule has 2 aromatic rings. The number of likely N-dealkylation sites (tertiary alicyclic amines) is 1. The van der Waals surface area contributed by atoms with Gasteiger partial charge in [-0.2, -0.15) is 18.2 Å². The Labute approximate surface area is 201 Å². The number of likely N-dealkylation sites (N-methyl/N-ethyl adjacent to an activating group) is 1. The molecule has 0 radical (unpaired) electrons. The number of ether oxygens (including phenoxy) is 2. The van der Waals surface area contributed by atoms with Gasteiger partial charge in [-0.05, 0) is 71.3 Å². The van der Waals surface area contributed by atoms with Gasteiger partial charge in [0, 0.05) is 23.2 Å². The summed E-state index contributed by atoms with van der Waals surface area (Å²) in [6.07, 6.45) is -0.634. The zero-order valence-electron chi connectivity index (χ0n) is 19.7. The summed E-state index contributed by atoms with van der Waals surface area (Å²) >= 11 is 1.35. The molecule has 2 saturated heterocycles. The van der Waals surface area contributed by atoms with Crippen molar-refractivity contribution in [3.8, 4) is 5.75 Å². The Morgan fingerprint density at radius 2 is 2.06 bits per heavy atom. The molecule has 2 fully saturated rings. The lowest BCUT2D eigenvalue weighted by molar-refractivity contribution is -0.137. The van der Waals surface area contributed by atoms with Crippen LogP contribution in [0.15, 0.2) is 23.2 Å². The third kappa shape index (κ3) is 5.55. The van der Waals surface area contributed by atoms with Crippen LogP contribution in [-0.4, -0.2) is 54.3 Å². The molecule has 2 aliphatic rings. The first kappa shape index (κ1) is 24.9. The Balaban J connectivity index is 1.67. The van der Waals surface area contributed by atoms with E-state index in [0.717, 1.165) is 54.9 Å². The fourth-order valence-corrected chi connectivity index (χ4v) is 5.39. The number of alkyl halides is 3. The van der Waals surface area contributed by atoms with Crippen LogP contribution in [0, 0.1) is 13.8 Å². The van der Waals surface area contributed by atoms with Crippen molar-refractivity contribution in [1.29, 1.82) is 0 Å². The van der Waals surface area contributed by atoms with Crippen LogP contribution in [0.5, 0.6) is 5.75 Å². The van der Waals surface area contributed by atoms with E-state index in [0.29, 0.717) is 24.6 Å². The Hall–Kier alpha value is -2.17. The average molecular weight is 498 g/mol. The van der Waals surface area contributed by atoms with Crippen molar-refractivity contribution in [1.82, 2.24) is 9.47 Å². The van der Waals surface area contributed by atoms with Crippen LogP contribution in [0.25, 0.3) is 0 Å². The molecule has 3 heterocycles. The second-order valence-corrected chi connectivity index (χ2v) is 10.2. The van der Waals surface area contributed by atoms with Gasteiger partial charge in [0.15, 0.2) is 4.80 Å². The molecule has 0 N–H and O–H groups in total. The maximum Gasteiger partial charge on any atom is 0.416 e. The predicted octanol–water partition coefficient (Wildman–Crippen LogP) is 4.58. The van der Waals surface area contributed by atoms with E-state index in [1.54, 1.807) is 0 Å². The van der Waals surface area contributed by atoms with E-state index in [-0.39, 0.29) is 23.5 Å². The van der Waals surface area contributed by atoms with Crippen LogP contribution in [0.3, 0.4) is 0 Å². The monoisotopic (exact) mass is 497 g/mol. The summed E-state index contributed by atoms with van der Waals surface area (Å²) in [6, 6.07) is 3.18. The molecule has 0 aliphatic carbocycles. The third-order valence-corrected chi connectivity index (χ3v) is 7.73. The molecule has 2 aliphatic heterocycles. The first-order valence-electron chi connectivity index (χ1n) is 11.5. The summed E-state index contributed by atoms with van der Waals surface area (Å²) < 4.78 is 53.8. The molecule has 0 spiro atoms. The molecule has 0 bridgehead atoms. The zero-order valence-corrected chi connectivity index (χ0v) is 20.5. The van der Waals surface area contributed by atoms with Gasteiger partial charge in [0.2, 0.25) is 0 Å². The number of carbonyl (C=O) groups is 1. The minimum Gasteiger partial charge on any atom is -0.491 e. The van der Waals surface area contributed by atoms with E-state index in [2.05, 4.69) is 9.89 Å². The van der Waals surface area contributed by atoms with Gasteiger partial charge in [-0.15, -0.1) is 11.3 Å². The molecule has 6 nitrogen and oxygen atoms in total. The first-order valence-corrected chi connectivity index (χ1v) is 12.4. The van der Waals surface area contributed by atoms with Gasteiger partial charge in [-0.1, -0.05) is 0 Å². The Morgan fingerprint density at radius 1 is 1.26 bits per heavy atom. The number of aryl methyl sites for hydroxylation is 1. The number of carbonyl (C=O) groups excluding carboxylic acids is 1. The number of hydrogen-bond donors (Lipinski definition) is 0. The zero-order chi connectivity index (χ0) is 24.5. The summed E-state index contributed by atoms with van der Waals surface area (Å²) in [4.78, 5) is 21.1. The molecule has 1 amide bonds. The fourth-order valence-electron chi connectivity index (χ4n) is 4.41. The number of nitrogens with zero attached hydrogens (tertiary/aromatic N) is 3. The Morgan fingerprint density at radius 3 is 2.71 bits per heavy atom. The Kier molecular flexibility index (Phi) is 7.49. The molecule has 186 valence electrons. The van der Waals surface area contributed by atoms with E-state index < -0.39 is 17.6 Å². The highest BCUT2D eigenvalue weighted by atomic mass is 32.1. The van der Waals surface area contributed by atoms with Gasteiger partial charge in [0.1, 0.15) is 12.4 Å². The number of aromatic nitrogens is 1. The topological polar surface area (TPSA) is 56.1 Å². The van der Waals surface area contributed by atoms with Crippen LogP contribution in [0.2, 0.25) is 0 Å². The third-order valence-electron chi connectivity index (χ3n) is 6.64. The second-order valence-electron chi connectivity index (χ2n) is 8.99. The lowest BCUT2D eigenvalue weighted by Gasteiger charge is -2.20. The number of thiazole rings is 1. The summed E-state index contributed by atoms with van der Waals surface area (Å²) in [5, 5.41) is 0. The van der Waals surface area contributed by atoms with Crippen molar-refractivity contribution < 1.29 is 27.4 Å². The molecule has 1 aromatic carbocycles. The first-order chi connectivity index (χ1) is 16.1. The molecule has 34 heavy (non-hydrogen) atoms. The van der Waals surface area contributed by atoms with Gasteiger partial charge in [-0.25, -0.2) is 0 Å². The van der Waals surface area contributed by atoms with Crippen LogP contribution in [0.4, 0.5) is 13.2 Å². The number of amides is 1. The van der Waals surface area contributed by atoms with Crippen LogP contribution >= 0.6 is 11.3 Å². The minimum absolute atomic E-state index is 0.0394. The van der Waals surface area contributed by atoms with Crippen molar-refractivity contribution in [2.24, 2.45) is 4.99 Å². The fraction of sp³-hybridized carbons (Fsp3) is 0.583. The molecule has 0 unspecified atom stereocenters. The largest absolute Gasteiger partial charge is 0.491 e. The van der Waals surface area contributed by atoms with Gasteiger partial charge < -0.3 is 18.9 Å². The van der Waals surface area contributed by atoms with Gasteiger partial charge >= 0.3 is 6.18 Å². The number of benzene rings is 1. The van der Waals surface area contributed by atoms with Crippen molar-refractivity contribution >= 4 is 17.2 Å². The number of halogens is 3. The van der Waals surface area contributed by atoms with E-state index >= 15 is 0 Å². The van der Waals surface area contributed by atoms with E-state index in [4.69, 9.17) is 9.47 Å². The average Bonchev–Trinajstić information content (AvgIpc) is 3.50. The molecule has 1 aromatic heterocycles. The summed E-state index contributed by atoms with van der Waals surface area (Å²) in [7, 11) is 1.99. The van der Waals surface area contributed by atoms with E-state index in [1.807, 2.05) is 25.5 Å². The molecule has 0 saturated carbocycles. The van der Waals surface area contributed by atoms with Crippen molar-refractivity contribution in [2.75, 3.05) is 26.8 Å². The molecule has 4 rings (SSSR count). The SMILES string of the molecule is Cc1sc(=NC(=O)c2cc(C(F)(F)F)ccc2OC[C@@H]2CCCN2C)n(C[C@H]2CCCO2)c1C. The van der Waals surface area contributed by atoms with Crippen LogP contribution < -0.4 is 9.54 Å². The standard InChI is InChI=1S/C24H30F3N3O3S/c1-15-16(2)34-23(30(15)13-19-7-5-11-32-19)28-22(31)20-12-17(24(25,26)27)8-9-21(20)33-14-18-6-4-10-29(18)3/h8-9,12,18-19H,4-7,10-11,13-14H2,1-3H3/t18-,19+/m0/s1. The van der Waals surface area contributed by atoms with Crippen molar-refractivity contribution in [2.45, 2.75) is 64.4 Å². The Bertz CT molecular complexity index is 1100. The van der Waals surface area contributed by atoms with Crippen LogP contribution in [-0.2, 0) is 17.5 Å². The summed E-state index contributed by atoms with van der Waals surface area (Å²) in [6.45, 7) is 6.40. The minimum atomic E-state index is -4.57. The molecular formula is C24H30F3N3O3S. The van der Waals surface area contributed by atoms with Gasteiger partial charge in [0.05, 0.1) is 23.8 Å². The summed E-state index contributed by atoms with van der Waals surface area (Å²) in [5.41, 5.74) is -0.109. The maximum absolute atomic E-state index is 13.4. The van der Waals surface area contributed by atoms with Gasteiger partial charge in [-0.3, -0.25) is 4.79 Å². The van der Waals surface area contributed by atoms with E-state index in [9.17, 15) is 18.0 Å². The maximum atomic E-state index is 13.4. The number of rotatable bonds is 6. The summed E-state index contributed by atoms with van der Waals surface area (Å²) in [5.74, 6) is -0.624.